The molecule has 0 aliphatic rings. The van der Waals surface area contributed by atoms with Gasteiger partial charge in [0.05, 0.1) is 13.3 Å². The number of rotatable bonds is 2. The van der Waals surface area contributed by atoms with E-state index in [0.29, 0.717) is 0 Å². The number of nitrogens with zero attached hydrogens (tertiary/aromatic N) is 2. The summed E-state index contributed by atoms with van der Waals surface area (Å²) in [5.74, 6) is -1.19. The number of carboxylic acid groups (broad SMARTS) is 1. The summed E-state index contributed by atoms with van der Waals surface area (Å²) in [6.07, 6.45) is 1.09. The fraction of sp³-hybridized carbons (Fsp3) is 0.167. The molecule has 1 heterocycles. The maximum Gasteiger partial charge on any atom is 0.342 e. The lowest BCUT2D eigenvalue weighted by molar-refractivity contribution is 0.0692. The standard InChI is InChI=1S/C6H5ClN2O3/c1-12-4-3(5(10)11)2-8-6(7)9-4/h2H,1H3,(H,10,11). The molecule has 1 rings (SSSR count). The number of hydrogen-bond donors (Lipinski definition) is 1. The number of hydrogen-bond acceptors (Lipinski definition) is 4. The molecular weight excluding hydrogens is 184 g/mol. The van der Waals surface area contributed by atoms with Gasteiger partial charge in [-0.25, -0.2) is 9.78 Å². The van der Waals surface area contributed by atoms with Crippen molar-refractivity contribution in [2.45, 2.75) is 0 Å². The largest absolute Gasteiger partial charge is 0.480 e. The van der Waals surface area contributed by atoms with E-state index in [0.717, 1.165) is 6.20 Å². The molecule has 0 unspecified atom stereocenters. The van der Waals surface area contributed by atoms with E-state index in [4.69, 9.17) is 16.7 Å². The zero-order chi connectivity index (χ0) is 9.14. The first-order valence-corrected chi connectivity index (χ1v) is 3.32. The molecule has 1 N–H and O–H groups in total. The van der Waals surface area contributed by atoms with Crippen molar-refractivity contribution in [3.8, 4) is 5.88 Å². The topological polar surface area (TPSA) is 72.3 Å². The van der Waals surface area contributed by atoms with E-state index in [1.54, 1.807) is 0 Å². The number of carbonyl (C=O) groups is 1. The van der Waals surface area contributed by atoms with Gasteiger partial charge in [-0.1, -0.05) is 0 Å². The molecule has 0 spiro atoms. The fourth-order valence-corrected chi connectivity index (χ4v) is 0.774. The summed E-state index contributed by atoms with van der Waals surface area (Å²) in [4.78, 5) is 17.6. The van der Waals surface area contributed by atoms with E-state index in [1.165, 1.54) is 7.11 Å². The van der Waals surface area contributed by atoms with Crippen molar-refractivity contribution in [2.24, 2.45) is 0 Å². The normalized spacial score (nSPS) is 9.50. The maximum absolute atomic E-state index is 10.5. The molecule has 0 fully saturated rings. The van der Waals surface area contributed by atoms with Crippen LogP contribution in [-0.4, -0.2) is 28.2 Å². The number of halogens is 1. The predicted molar refractivity (Wildman–Crippen MR) is 40.6 cm³/mol. The molecule has 0 aliphatic carbocycles. The third-order valence-corrected chi connectivity index (χ3v) is 1.33. The third kappa shape index (κ3) is 1.62. The molecule has 0 atom stereocenters. The summed E-state index contributed by atoms with van der Waals surface area (Å²) in [5, 5.41) is 8.54. The molecule has 0 saturated heterocycles. The summed E-state index contributed by atoms with van der Waals surface area (Å²) in [6.45, 7) is 0. The third-order valence-electron chi connectivity index (χ3n) is 1.15. The first-order chi connectivity index (χ1) is 5.65. The zero-order valence-electron chi connectivity index (χ0n) is 6.11. The molecular formula is C6H5ClN2O3. The van der Waals surface area contributed by atoms with Gasteiger partial charge in [-0.3, -0.25) is 0 Å². The summed E-state index contributed by atoms with van der Waals surface area (Å²) in [6, 6.07) is 0. The lowest BCUT2D eigenvalue weighted by Gasteiger charge is -2.01. The Hall–Kier alpha value is -1.36. The van der Waals surface area contributed by atoms with Crippen molar-refractivity contribution >= 4 is 17.6 Å². The van der Waals surface area contributed by atoms with E-state index >= 15 is 0 Å². The Morgan fingerprint density at radius 2 is 2.42 bits per heavy atom. The summed E-state index contributed by atoms with van der Waals surface area (Å²) >= 11 is 5.41. The highest BCUT2D eigenvalue weighted by Crippen LogP contribution is 2.15. The van der Waals surface area contributed by atoms with Gasteiger partial charge in [0.15, 0.2) is 0 Å². The Labute approximate surface area is 73.0 Å². The van der Waals surface area contributed by atoms with Crippen molar-refractivity contribution in [1.29, 1.82) is 0 Å². The molecule has 0 aliphatic heterocycles. The summed E-state index contributed by atoms with van der Waals surface area (Å²) in [5.41, 5.74) is -0.109. The lowest BCUT2D eigenvalue weighted by Crippen LogP contribution is -2.03. The van der Waals surface area contributed by atoms with Crippen LogP contribution in [0.1, 0.15) is 10.4 Å². The van der Waals surface area contributed by atoms with Crippen molar-refractivity contribution in [1.82, 2.24) is 9.97 Å². The van der Waals surface area contributed by atoms with Gasteiger partial charge in [0.1, 0.15) is 5.56 Å². The molecule has 0 amide bonds. The van der Waals surface area contributed by atoms with Crippen LogP contribution in [0.4, 0.5) is 0 Å². The molecule has 1 aromatic rings. The van der Waals surface area contributed by atoms with E-state index in [2.05, 4.69) is 14.7 Å². The molecule has 5 nitrogen and oxygen atoms in total. The van der Waals surface area contributed by atoms with E-state index in [1.807, 2.05) is 0 Å². The van der Waals surface area contributed by atoms with E-state index in [9.17, 15) is 4.79 Å². The van der Waals surface area contributed by atoms with Gasteiger partial charge in [0.25, 0.3) is 0 Å². The Balaban J connectivity index is 3.20. The van der Waals surface area contributed by atoms with Crippen molar-refractivity contribution < 1.29 is 14.6 Å². The molecule has 0 radical (unpaired) electrons. The Kier molecular flexibility index (Phi) is 2.44. The van der Waals surface area contributed by atoms with Crippen molar-refractivity contribution in [3.05, 3.63) is 17.0 Å². The first kappa shape index (κ1) is 8.73. The van der Waals surface area contributed by atoms with Crippen LogP contribution in [0.25, 0.3) is 0 Å². The smallest absolute Gasteiger partial charge is 0.342 e. The van der Waals surface area contributed by atoms with Crippen LogP contribution in [0.15, 0.2) is 6.20 Å². The first-order valence-electron chi connectivity index (χ1n) is 2.95. The monoisotopic (exact) mass is 188 g/mol. The zero-order valence-corrected chi connectivity index (χ0v) is 6.87. The van der Waals surface area contributed by atoms with Crippen LogP contribution in [-0.2, 0) is 0 Å². The second kappa shape index (κ2) is 3.36. The minimum atomic E-state index is -1.15. The highest BCUT2D eigenvalue weighted by Gasteiger charge is 2.12. The molecule has 1 aromatic heterocycles. The van der Waals surface area contributed by atoms with Crippen LogP contribution < -0.4 is 4.74 Å². The maximum atomic E-state index is 10.5. The Bertz CT molecular complexity index is 316. The van der Waals surface area contributed by atoms with Crippen LogP contribution in [0, 0.1) is 0 Å². The number of ether oxygens (including phenoxy) is 1. The minimum Gasteiger partial charge on any atom is -0.480 e. The molecule has 6 heteroatoms. The average Bonchev–Trinajstić information content (AvgIpc) is 2.03. The molecule has 0 aromatic carbocycles. The van der Waals surface area contributed by atoms with Gasteiger partial charge in [-0.05, 0) is 11.6 Å². The van der Waals surface area contributed by atoms with Gasteiger partial charge >= 0.3 is 5.97 Å². The van der Waals surface area contributed by atoms with Crippen molar-refractivity contribution in [2.75, 3.05) is 7.11 Å². The predicted octanol–water partition coefficient (Wildman–Crippen LogP) is 0.837. The Morgan fingerprint density at radius 3 is 2.92 bits per heavy atom. The average molecular weight is 189 g/mol. The highest BCUT2D eigenvalue weighted by atomic mass is 35.5. The van der Waals surface area contributed by atoms with Crippen LogP contribution in [0.5, 0.6) is 5.88 Å². The number of aromatic carboxylic acids is 1. The van der Waals surface area contributed by atoms with Crippen molar-refractivity contribution in [3.63, 3.8) is 0 Å². The molecule has 0 saturated carbocycles. The SMILES string of the molecule is COc1nc(Cl)ncc1C(=O)O. The number of aromatic nitrogens is 2. The second-order valence-corrected chi connectivity index (χ2v) is 2.21. The lowest BCUT2D eigenvalue weighted by atomic mass is 10.3. The van der Waals surface area contributed by atoms with Gasteiger partial charge in [0.2, 0.25) is 11.2 Å². The van der Waals surface area contributed by atoms with Gasteiger partial charge in [-0.15, -0.1) is 0 Å². The fourth-order valence-electron chi connectivity index (χ4n) is 0.648. The quantitative estimate of drug-likeness (QED) is 0.697. The minimum absolute atomic E-state index is 0.0394. The molecule has 64 valence electrons. The van der Waals surface area contributed by atoms with Gasteiger partial charge < -0.3 is 9.84 Å². The molecule has 0 bridgehead atoms. The highest BCUT2D eigenvalue weighted by molar-refractivity contribution is 6.28. The Morgan fingerprint density at radius 1 is 1.75 bits per heavy atom. The summed E-state index contributed by atoms with van der Waals surface area (Å²) < 4.78 is 4.67. The van der Waals surface area contributed by atoms with Gasteiger partial charge in [-0.2, -0.15) is 4.98 Å². The van der Waals surface area contributed by atoms with Crippen LogP contribution >= 0.6 is 11.6 Å². The summed E-state index contributed by atoms with van der Waals surface area (Å²) in [7, 11) is 1.31. The van der Waals surface area contributed by atoms with E-state index in [-0.39, 0.29) is 16.7 Å². The second-order valence-electron chi connectivity index (χ2n) is 1.87. The van der Waals surface area contributed by atoms with Gasteiger partial charge in [0, 0.05) is 0 Å². The number of carboxylic acids is 1. The van der Waals surface area contributed by atoms with E-state index < -0.39 is 5.97 Å². The van der Waals surface area contributed by atoms with Crippen LogP contribution in [0.2, 0.25) is 5.28 Å². The number of methoxy groups -OCH3 is 1. The molecule has 12 heavy (non-hydrogen) atoms. The van der Waals surface area contributed by atoms with Crippen LogP contribution in [0.3, 0.4) is 0 Å².